The molecule has 0 aliphatic carbocycles. The molecule has 174 valence electrons. The summed E-state index contributed by atoms with van der Waals surface area (Å²) in [6, 6.07) is 9.64. The van der Waals surface area contributed by atoms with Gasteiger partial charge in [-0.25, -0.2) is 0 Å². The van der Waals surface area contributed by atoms with Gasteiger partial charge in [0.2, 0.25) is 17.6 Å². The number of nitrogens with one attached hydrogen (secondary N) is 2. The molecule has 2 N–H and O–H groups in total. The molecule has 1 aromatic heterocycles. The second-order valence-electron chi connectivity index (χ2n) is 8.26. The van der Waals surface area contributed by atoms with Crippen LogP contribution in [-0.4, -0.2) is 56.1 Å². The fourth-order valence-electron chi connectivity index (χ4n) is 4.32. The van der Waals surface area contributed by atoms with E-state index in [2.05, 4.69) is 35.4 Å². The lowest BCUT2D eigenvalue weighted by molar-refractivity contribution is -0.128. The normalized spacial score (nSPS) is 15.7. The Morgan fingerprint density at radius 2 is 1.85 bits per heavy atom. The molecular weight excluding hydrogens is 422 g/mol. The van der Waals surface area contributed by atoms with Gasteiger partial charge in [0.1, 0.15) is 0 Å². The van der Waals surface area contributed by atoms with E-state index in [-0.39, 0.29) is 18.2 Å². The quantitative estimate of drug-likeness (QED) is 0.547. The predicted octanol–water partition coefficient (Wildman–Crippen LogP) is 3.53. The van der Waals surface area contributed by atoms with Crippen molar-refractivity contribution in [3.63, 3.8) is 0 Å². The van der Waals surface area contributed by atoms with Gasteiger partial charge >= 0.3 is 0 Å². The molecule has 0 bridgehead atoms. The first-order chi connectivity index (χ1) is 15.9. The number of hydrogen-bond donors (Lipinski definition) is 2. The number of benzene rings is 2. The molecule has 8 heteroatoms. The average molecular weight is 452 g/mol. The molecule has 33 heavy (non-hydrogen) atoms. The van der Waals surface area contributed by atoms with E-state index in [1.807, 2.05) is 6.20 Å². The van der Waals surface area contributed by atoms with Crippen LogP contribution >= 0.6 is 0 Å². The number of anilines is 1. The lowest BCUT2D eigenvalue weighted by Crippen LogP contribution is -2.30. The van der Waals surface area contributed by atoms with Crippen LogP contribution in [0.3, 0.4) is 0 Å². The molecule has 1 aliphatic rings. The van der Waals surface area contributed by atoms with Gasteiger partial charge in [-0.3, -0.25) is 9.59 Å². The van der Waals surface area contributed by atoms with Gasteiger partial charge in [0.05, 0.1) is 27.2 Å². The molecule has 1 aliphatic heterocycles. The number of nitrogens with zero attached hydrogens (tertiary/aromatic N) is 1. The minimum Gasteiger partial charge on any atom is -0.493 e. The Balaban J connectivity index is 1.40. The summed E-state index contributed by atoms with van der Waals surface area (Å²) in [6.45, 7) is 3.04. The van der Waals surface area contributed by atoms with Crippen LogP contribution in [0, 0.1) is 12.8 Å². The topological polar surface area (TPSA) is 92.9 Å². The Labute approximate surface area is 192 Å². The van der Waals surface area contributed by atoms with Gasteiger partial charge in [-0.15, -0.1) is 0 Å². The van der Waals surface area contributed by atoms with Crippen LogP contribution in [0.5, 0.6) is 17.2 Å². The molecule has 1 fully saturated rings. The molecule has 2 heterocycles. The number of likely N-dealkylation sites (tertiary alicyclic amines) is 1. The second-order valence-corrected chi connectivity index (χ2v) is 8.26. The van der Waals surface area contributed by atoms with E-state index in [0.717, 1.165) is 11.9 Å². The summed E-state index contributed by atoms with van der Waals surface area (Å²) in [6.07, 6.45) is 2.93. The summed E-state index contributed by atoms with van der Waals surface area (Å²) in [7, 11) is 4.56. The van der Waals surface area contributed by atoms with Crippen molar-refractivity contribution < 1.29 is 23.8 Å². The predicted molar refractivity (Wildman–Crippen MR) is 126 cm³/mol. The number of rotatable bonds is 8. The van der Waals surface area contributed by atoms with Crippen molar-refractivity contribution in [2.45, 2.75) is 19.8 Å². The van der Waals surface area contributed by atoms with E-state index < -0.39 is 5.92 Å². The van der Waals surface area contributed by atoms with Gasteiger partial charge in [0, 0.05) is 54.4 Å². The molecule has 4 rings (SSSR count). The molecule has 1 saturated heterocycles. The van der Waals surface area contributed by atoms with Crippen molar-refractivity contribution in [2.24, 2.45) is 5.92 Å². The molecule has 2 aromatic carbocycles. The molecule has 1 atom stereocenters. The van der Waals surface area contributed by atoms with E-state index >= 15 is 0 Å². The van der Waals surface area contributed by atoms with Gasteiger partial charge < -0.3 is 29.4 Å². The molecule has 1 unspecified atom stereocenters. The monoisotopic (exact) mass is 451 g/mol. The number of aryl methyl sites for hydroxylation is 1. The zero-order valence-corrected chi connectivity index (χ0v) is 19.4. The highest BCUT2D eigenvalue weighted by molar-refractivity contribution is 5.97. The SMILES string of the molecule is COc1cc(NC(=O)C2CC(=O)N(CCc3c[nH]c4ccc(C)cc34)C2)cc(OC)c1OC. The summed E-state index contributed by atoms with van der Waals surface area (Å²) in [4.78, 5) is 30.5. The summed E-state index contributed by atoms with van der Waals surface area (Å²) >= 11 is 0. The van der Waals surface area contributed by atoms with Crippen molar-refractivity contribution in [1.29, 1.82) is 0 Å². The van der Waals surface area contributed by atoms with Gasteiger partial charge in [-0.1, -0.05) is 11.6 Å². The highest BCUT2D eigenvalue weighted by atomic mass is 16.5. The lowest BCUT2D eigenvalue weighted by atomic mass is 10.1. The minimum absolute atomic E-state index is 0.00364. The van der Waals surface area contributed by atoms with E-state index in [4.69, 9.17) is 14.2 Å². The number of fused-ring (bicyclic) bond motifs is 1. The minimum atomic E-state index is -0.415. The number of aromatic amines is 1. The maximum absolute atomic E-state index is 12.9. The van der Waals surface area contributed by atoms with Crippen LogP contribution < -0.4 is 19.5 Å². The van der Waals surface area contributed by atoms with E-state index in [0.29, 0.717) is 36.0 Å². The number of carbonyl (C=O) groups excluding carboxylic acids is 2. The number of carbonyl (C=O) groups is 2. The maximum atomic E-state index is 12.9. The molecule has 0 spiro atoms. The summed E-state index contributed by atoms with van der Waals surface area (Å²) in [5, 5.41) is 4.07. The number of amides is 2. The molecule has 3 aromatic rings. The Kier molecular flexibility index (Phi) is 6.44. The molecular formula is C25H29N3O5. The number of methoxy groups -OCH3 is 3. The third-order valence-electron chi connectivity index (χ3n) is 6.09. The van der Waals surface area contributed by atoms with Crippen molar-refractivity contribution in [2.75, 3.05) is 39.7 Å². The third-order valence-corrected chi connectivity index (χ3v) is 6.09. The highest BCUT2D eigenvalue weighted by Gasteiger charge is 2.34. The second kappa shape index (κ2) is 9.44. The number of H-pyrrole nitrogens is 1. The molecule has 0 saturated carbocycles. The fraction of sp³-hybridized carbons (Fsp3) is 0.360. The average Bonchev–Trinajstić information content (AvgIpc) is 3.39. The van der Waals surface area contributed by atoms with Gasteiger partial charge in [-0.2, -0.15) is 0 Å². The summed E-state index contributed by atoms with van der Waals surface area (Å²) in [5.41, 5.74) is 3.98. The van der Waals surface area contributed by atoms with Crippen molar-refractivity contribution in [3.8, 4) is 17.2 Å². The fourth-order valence-corrected chi connectivity index (χ4v) is 4.32. The van der Waals surface area contributed by atoms with Crippen LogP contribution in [0.25, 0.3) is 10.9 Å². The summed E-state index contributed by atoms with van der Waals surface area (Å²) in [5.74, 6) is 0.726. The Hall–Kier alpha value is -3.68. The molecule has 2 amide bonds. The Bertz CT molecular complexity index is 1160. The third kappa shape index (κ3) is 4.60. The first-order valence-electron chi connectivity index (χ1n) is 10.9. The van der Waals surface area contributed by atoms with Crippen LogP contribution in [0.1, 0.15) is 17.5 Å². The number of hydrogen-bond acceptors (Lipinski definition) is 5. The van der Waals surface area contributed by atoms with Crippen LogP contribution in [0.4, 0.5) is 5.69 Å². The molecule has 0 radical (unpaired) electrons. The lowest BCUT2D eigenvalue weighted by Gasteiger charge is -2.17. The number of ether oxygens (including phenoxy) is 3. The van der Waals surface area contributed by atoms with E-state index in [1.54, 1.807) is 17.0 Å². The highest BCUT2D eigenvalue weighted by Crippen LogP contribution is 2.40. The Morgan fingerprint density at radius 3 is 2.52 bits per heavy atom. The van der Waals surface area contributed by atoms with Crippen molar-refractivity contribution in [3.05, 3.63) is 47.7 Å². The van der Waals surface area contributed by atoms with Gasteiger partial charge in [0.25, 0.3) is 0 Å². The van der Waals surface area contributed by atoms with Crippen LogP contribution in [0.2, 0.25) is 0 Å². The zero-order valence-electron chi connectivity index (χ0n) is 19.4. The summed E-state index contributed by atoms with van der Waals surface area (Å²) < 4.78 is 16.0. The van der Waals surface area contributed by atoms with Crippen molar-refractivity contribution >= 4 is 28.4 Å². The first kappa shape index (κ1) is 22.5. The van der Waals surface area contributed by atoms with Gasteiger partial charge in [-0.05, 0) is 31.0 Å². The number of aromatic nitrogens is 1. The first-order valence-corrected chi connectivity index (χ1v) is 10.9. The molecule has 8 nitrogen and oxygen atoms in total. The smallest absolute Gasteiger partial charge is 0.229 e. The van der Waals surface area contributed by atoms with Crippen molar-refractivity contribution in [1.82, 2.24) is 9.88 Å². The maximum Gasteiger partial charge on any atom is 0.229 e. The van der Waals surface area contributed by atoms with E-state index in [9.17, 15) is 9.59 Å². The largest absolute Gasteiger partial charge is 0.493 e. The van der Waals surface area contributed by atoms with E-state index in [1.165, 1.54) is 37.8 Å². The standard InChI is InChI=1S/C25H29N3O5/c1-15-5-6-20-19(9-15)16(13-26-20)7-8-28-14-17(10-23(28)29)25(30)27-18-11-21(31-2)24(33-4)22(12-18)32-3/h5-6,9,11-13,17,26H,7-8,10,14H2,1-4H3,(H,27,30). The van der Waals surface area contributed by atoms with Crippen LogP contribution in [0.15, 0.2) is 36.5 Å². The van der Waals surface area contributed by atoms with Crippen LogP contribution in [-0.2, 0) is 16.0 Å². The zero-order chi connectivity index (χ0) is 23.5. The van der Waals surface area contributed by atoms with Gasteiger partial charge in [0.15, 0.2) is 11.5 Å². The Morgan fingerprint density at radius 1 is 1.12 bits per heavy atom.